The van der Waals surface area contributed by atoms with Gasteiger partial charge in [0.15, 0.2) is 5.60 Å². The van der Waals surface area contributed by atoms with Gasteiger partial charge in [0.2, 0.25) is 0 Å². The fourth-order valence-corrected chi connectivity index (χ4v) is 3.36. The van der Waals surface area contributed by atoms with Crippen LogP contribution in [0.4, 0.5) is 13.2 Å². The number of halogens is 3. The molecule has 0 spiro atoms. The number of carboxylic acids is 1. The molecular weight excluding hydrogens is 477 g/mol. The molecular formula is C26H27F3N2O5. The maximum absolute atomic E-state index is 12.8. The van der Waals surface area contributed by atoms with E-state index in [1.54, 1.807) is 10.9 Å². The molecule has 0 radical (unpaired) electrons. The SMILES string of the molecule is CCCc1nn(Cc2ccc(C(F)(F)F)cc2)cc1COC(=O)c1ccc(OC(C)(C)C(=O)O)cc1. The number of carbonyl (C=O) groups is 2. The average Bonchev–Trinajstić information content (AvgIpc) is 3.18. The number of aliphatic carboxylic acids is 1. The first-order chi connectivity index (χ1) is 16.9. The molecule has 0 saturated carbocycles. The highest BCUT2D eigenvalue weighted by molar-refractivity contribution is 5.89. The minimum Gasteiger partial charge on any atom is -0.478 e. The molecule has 1 aromatic heterocycles. The standard InChI is InChI=1S/C26H27F3N2O5/c1-4-5-22-19(15-31(30-22)14-17-6-10-20(11-7-17)26(27,28)29)16-35-23(32)18-8-12-21(13-9-18)36-25(2,3)24(33)34/h6-13,15H,4-5,14,16H2,1-3H3,(H,33,34). The van der Waals surface area contributed by atoms with Gasteiger partial charge in [-0.25, -0.2) is 9.59 Å². The molecule has 7 nitrogen and oxygen atoms in total. The van der Waals surface area contributed by atoms with E-state index in [1.165, 1.54) is 50.2 Å². The zero-order valence-electron chi connectivity index (χ0n) is 20.1. The Kier molecular flexibility index (Phi) is 8.07. The molecule has 10 heteroatoms. The molecule has 0 fully saturated rings. The van der Waals surface area contributed by atoms with Crippen LogP contribution < -0.4 is 4.74 Å². The van der Waals surface area contributed by atoms with Gasteiger partial charge in [-0.05, 0) is 62.2 Å². The Bertz CT molecular complexity index is 1200. The zero-order chi connectivity index (χ0) is 26.5. The molecule has 1 N–H and O–H groups in total. The van der Waals surface area contributed by atoms with Crippen molar-refractivity contribution in [2.24, 2.45) is 0 Å². The molecule has 0 atom stereocenters. The molecule has 1 heterocycles. The lowest BCUT2D eigenvalue weighted by Crippen LogP contribution is -2.37. The minimum absolute atomic E-state index is 0.0223. The molecule has 36 heavy (non-hydrogen) atoms. The van der Waals surface area contributed by atoms with Crippen LogP contribution in [0.15, 0.2) is 54.7 Å². The highest BCUT2D eigenvalue weighted by Crippen LogP contribution is 2.29. The predicted molar refractivity (Wildman–Crippen MR) is 125 cm³/mol. The summed E-state index contributed by atoms with van der Waals surface area (Å²) in [6.45, 7) is 5.08. The Balaban J connectivity index is 1.65. The lowest BCUT2D eigenvalue weighted by atomic mass is 10.1. The maximum atomic E-state index is 12.8. The molecule has 3 aromatic rings. The van der Waals surface area contributed by atoms with E-state index in [1.807, 2.05) is 6.92 Å². The van der Waals surface area contributed by atoms with E-state index in [-0.39, 0.29) is 18.7 Å². The van der Waals surface area contributed by atoms with Crippen LogP contribution in [-0.4, -0.2) is 32.4 Å². The van der Waals surface area contributed by atoms with Crippen LogP contribution in [0.3, 0.4) is 0 Å². The van der Waals surface area contributed by atoms with E-state index < -0.39 is 29.3 Å². The summed E-state index contributed by atoms with van der Waals surface area (Å²) in [6, 6.07) is 10.8. The number of esters is 1. The van der Waals surface area contributed by atoms with E-state index in [0.29, 0.717) is 23.3 Å². The summed E-state index contributed by atoms with van der Waals surface area (Å²) < 4.78 is 50.9. The van der Waals surface area contributed by atoms with Gasteiger partial charge in [0.05, 0.1) is 23.4 Å². The van der Waals surface area contributed by atoms with Gasteiger partial charge in [-0.1, -0.05) is 25.5 Å². The Morgan fingerprint density at radius 1 is 1.03 bits per heavy atom. The fraction of sp³-hybridized carbons (Fsp3) is 0.346. The van der Waals surface area contributed by atoms with E-state index in [0.717, 1.165) is 24.2 Å². The van der Waals surface area contributed by atoms with Crippen molar-refractivity contribution in [3.63, 3.8) is 0 Å². The number of alkyl halides is 3. The Morgan fingerprint density at radius 2 is 1.67 bits per heavy atom. The predicted octanol–water partition coefficient (Wildman–Crippen LogP) is 5.50. The largest absolute Gasteiger partial charge is 0.478 e. The molecule has 0 aliphatic heterocycles. The van der Waals surface area contributed by atoms with Gasteiger partial charge in [-0.3, -0.25) is 4.68 Å². The summed E-state index contributed by atoms with van der Waals surface area (Å²) in [5, 5.41) is 13.7. The first-order valence-corrected chi connectivity index (χ1v) is 11.3. The van der Waals surface area contributed by atoms with E-state index >= 15 is 0 Å². The average molecular weight is 505 g/mol. The highest BCUT2D eigenvalue weighted by atomic mass is 19.4. The fourth-order valence-electron chi connectivity index (χ4n) is 3.36. The molecule has 3 rings (SSSR count). The van der Waals surface area contributed by atoms with E-state index in [4.69, 9.17) is 14.6 Å². The number of carbonyl (C=O) groups excluding carboxylic acids is 1. The summed E-state index contributed by atoms with van der Waals surface area (Å²) in [4.78, 5) is 23.7. The second kappa shape index (κ2) is 10.8. The summed E-state index contributed by atoms with van der Waals surface area (Å²) in [5.41, 5.74) is 0.251. The van der Waals surface area contributed by atoms with E-state index in [2.05, 4.69) is 5.10 Å². The molecule has 0 saturated heterocycles. The van der Waals surface area contributed by atoms with Crippen LogP contribution in [0, 0.1) is 0 Å². The molecule has 0 amide bonds. The lowest BCUT2D eigenvalue weighted by molar-refractivity contribution is -0.152. The van der Waals surface area contributed by atoms with E-state index in [9.17, 15) is 22.8 Å². The summed E-state index contributed by atoms with van der Waals surface area (Å²) in [6.07, 6.45) is -1.20. The number of ether oxygens (including phenoxy) is 2. The minimum atomic E-state index is -4.39. The monoisotopic (exact) mass is 504 g/mol. The molecule has 2 aromatic carbocycles. The maximum Gasteiger partial charge on any atom is 0.416 e. The third-order valence-electron chi connectivity index (χ3n) is 5.37. The van der Waals surface area contributed by atoms with Crippen molar-refractivity contribution in [3.8, 4) is 5.75 Å². The van der Waals surface area contributed by atoms with Gasteiger partial charge < -0.3 is 14.6 Å². The number of benzene rings is 2. The number of aryl methyl sites for hydroxylation is 1. The quantitative estimate of drug-likeness (QED) is 0.367. The second-order valence-electron chi connectivity index (χ2n) is 8.76. The van der Waals surface area contributed by atoms with Crippen molar-refractivity contribution < 1.29 is 37.3 Å². The van der Waals surface area contributed by atoms with Gasteiger partial charge >= 0.3 is 18.1 Å². The molecule has 0 bridgehead atoms. The first-order valence-electron chi connectivity index (χ1n) is 11.3. The van der Waals surface area contributed by atoms with Gasteiger partial charge in [0.1, 0.15) is 12.4 Å². The van der Waals surface area contributed by atoms with Gasteiger partial charge in [0.25, 0.3) is 0 Å². The normalized spacial score (nSPS) is 11.8. The molecule has 0 aliphatic rings. The van der Waals surface area contributed by atoms with Gasteiger partial charge in [-0.15, -0.1) is 0 Å². The van der Waals surface area contributed by atoms with Gasteiger partial charge in [-0.2, -0.15) is 18.3 Å². The van der Waals surface area contributed by atoms with Crippen molar-refractivity contribution in [2.45, 2.75) is 58.5 Å². The lowest BCUT2D eigenvalue weighted by Gasteiger charge is -2.21. The van der Waals surface area contributed by atoms with Gasteiger partial charge in [0, 0.05) is 11.8 Å². The van der Waals surface area contributed by atoms with Crippen molar-refractivity contribution >= 4 is 11.9 Å². The number of hydrogen-bond donors (Lipinski definition) is 1. The number of carboxylic acid groups (broad SMARTS) is 1. The first kappa shape index (κ1) is 26.8. The molecule has 0 unspecified atom stereocenters. The Morgan fingerprint density at radius 3 is 2.22 bits per heavy atom. The van der Waals surface area contributed by atoms with Crippen molar-refractivity contribution in [1.82, 2.24) is 9.78 Å². The molecule has 192 valence electrons. The van der Waals surface area contributed by atoms with Crippen molar-refractivity contribution in [3.05, 3.63) is 82.7 Å². The number of rotatable bonds is 10. The summed E-state index contributed by atoms with van der Waals surface area (Å²) in [7, 11) is 0. The number of hydrogen-bond acceptors (Lipinski definition) is 5. The van der Waals surface area contributed by atoms with Crippen LogP contribution in [0.2, 0.25) is 0 Å². The van der Waals surface area contributed by atoms with Crippen LogP contribution >= 0.6 is 0 Å². The molecule has 0 aliphatic carbocycles. The second-order valence-corrected chi connectivity index (χ2v) is 8.76. The van der Waals surface area contributed by atoms with Crippen LogP contribution in [-0.2, 0) is 35.3 Å². The van der Waals surface area contributed by atoms with Crippen LogP contribution in [0.5, 0.6) is 5.75 Å². The Labute approximate surface area is 206 Å². The number of aromatic nitrogens is 2. The van der Waals surface area contributed by atoms with Crippen molar-refractivity contribution in [1.29, 1.82) is 0 Å². The highest BCUT2D eigenvalue weighted by Gasteiger charge is 2.30. The Hall–Kier alpha value is -3.82. The summed E-state index contributed by atoms with van der Waals surface area (Å²) >= 11 is 0. The zero-order valence-corrected chi connectivity index (χ0v) is 20.1. The van der Waals surface area contributed by atoms with Crippen molar-refractivity contribution in [2.75, 3.05) is 0 Å². The number of nitrogens with zero attached hydrogens (tertiary/aromatic N) is 2. The topological polar surface area (TPSA) is 90.7 Å². The summed E-state index contributed by atoms with van der Waals surface area (Å²) in [5.74, 6) is -1.39. The third kappa shape index (κ3) is 6.87. The smallest absolute Gasteiger partial charge is 0.416 e. The third-order valence-corrected chi connectivity index (χ3v) is 5.37. The van der Waals surface area contributed by atoms with Crippen LogP contribution in [0.25, 0.3) is 0 Å². The van der Waals surface area contributed by atoms with Crippen LogP contribution in [0.1, 0.15) is 59.9 Å².